The Hall–Kier alpha value is -2.11. The molecule has 5 nitrogen and oxygen atoms in total. The zero-order valence-electron chi connectivity index (χ0n) is 10.9. The molecule has 6 heteroatoms. The fourth-order valence-electron chi connectivity index (χ4n) is 1.56. The molecule has 2 amide bonds. The minimum Gasteiger partial charge on any atom is -0.481 e. The van der Waals surface area contributed by atoms with Gasteiger partial charge in [-0.3, -0.25) is 4.79 Å². The molecule has 0 bridgehead atoms. The second-order valence-corrected chi connectivity index (χ2v) is 4.66. The maximum atomic E-state index is 13.1. The molecule has 0 heterocycles. The molecule has 0 aliphatic carbocycles. The van der Waals surface area contributed by atoms with Crippen molar-refractivity contribution in [3.05, 3.63) is 35.6 Å². The van der Waals surface area contributed by atoms with Crippen LogP contribution in [0, 0.1) is 5.82 Å². The van der Waals surface area contributed by atoms with E-state index < -0.39 is 17.5 Å². The van der Waals surface area contributed by atoms with Gasteiger partial charge in [0, 0.05) is 6.54 Å². The van der Waals surface area contributed by atoms with E-state index in [0.717, 1.165) is 0 Å². The number of carbonyl (C=O) groups is 2. The van der Waals surface area contributed by atoms with Crippen LogP contribution < -0.4 is 10.6 Å². The predicted molar refractivity (Wildman–Crippen MR) is 68.2 cm³/mol. The van der Waals surface area contributed by atoms with E-state index in [1.807, 2.05) is 0 Å². The lowest BCUT2D eigenvalue weighted by molar-refractivity contribution is -0.136. The summed E-state index contributed by atoms with van der Waals surface area (Å²) in [5.74, 6) is -1.36. The maximum absolute atomic E-state index is 13.1. The fraction of sp³-hybridized carbons (Fsp3) is 0.385. The van der Waals surface area contributed by atoms with E-state index in [4.69, 9.17) is 5.11 Å². The normalized spacial score (nSPS) is 10.9. The first kappa shape index (κ1) is 14.9. The third-order valence-electron chi connectivity index (χ3n) is 2.60. The SMILES string of the molecule is CC(C)(NC(=O)NCCC(=O)O)c1cccc(F)c1. The molecular formula is C13H17FN2O3. The van der Waals surface area contributed by atoms with Crippen molar-refractivity contribution in [2.24, 2.45) is 0 Å². The van der Waals surface area contributed by atoms with Crippen LogP contribution in [0.25, 0.3) is 0 Å². The number of carboxylic acids is 1. The second-order valence-electron chi connectivity index (χ2n) is 4.66. The molecule has 0 saturated carbocycles. The standard InChI is InChI=1S/C13H17FN2O3/c1-13(2,9-4-3-5-10(14)8-9)16-12(19)15-7-6-11(17)18/h3-5,8H,6-7H2,1-2H3,(H,17,18)(H2,15,16,19). The lowest BCUT2D eigenvalue weighted by Gasteiger charge is -2.27. The van der Waals surface area contributed by atoms with Crippen LogP contribution in [0.15, 0.2) is 24.3 Å². The maximum Gasteiger partial charge on any atom is 0.315 e. The van der Waals surface area contributed by atoms with Gasteiger partial charge < -0.3 is 15.7 Å². The van der Waals surface area contributed by atoms with Crippen molar-refractivity contribution < 1.29 is 19.1 Å². The molecule has 0 aromatic heterocycles. The van der Waals surface area contributed by atoms with Crippen LogP contribution in [-0.2, 0) is 10.3 Å². The zero-order valence-corrected chi connectivity index (χ0v) is 10.9. The van der Waals surface area contributed by atoms with Gasteiger partial charge >= 0.3 is 12.0 Å². The fourth-order valence-corrected chi connectivity index (χ4v) is 1.56. The number of benzene rings is 1. The van der Waals surface area contributed by atoms with Crippen LogP contribution in [0.3, 0.4) is 0 Å². The topological polar surface area (TPSA) is 78.4 Å². The highest BCUT2D eigenvalue weighted by molar-refractivity contribution is 5.76. The first-order chi connectivity index (χ1) is 8.81. The zero-order chi connectivity index (χ0) is 14.5. The molecule has 104 valence electrons. The number of rotatable bonds is 5. The van der Waals surface area contributed by atoms with E-state index in [2.05, 4.69) is 10.6 Å². The molecule has 0 fully saturated rings. The minimum atomic E-state index is -0.982. The molecule has 0 atom stereocenters. The van der Waals surface area contributed by atoms with Crippen molar-refractivity contribution in [3.8, 4) is 0 Å². The molecule has 1 rings (SSSR count). The van der Waals surface area contributed by atoms with Crippen LogP contribution >= 0.6 is 0 Å². The molecule has 0 unspecified atom stereocenters. The molecule has 1 aromatic carbocycles. The molecule has 0 aliphatic heterocycles. The lowest BCUT2D eigenvalue weighted by atomic mass is 9.94. The molecule has 0 aliphatic rings. The summed E-state index contributed by atoms with van der Waals surface area (Å²) in [7, 11) is 0. The van der Waals surface area contributed by atoms with Crippen molar-refractivity contribution in [1.29, 1.82) is 0 Å². The van der Waals surface area contributed by atoms with Gasteiger partial charge in [0.2, 0.25) is 0 Å². The van der Waals surface area contributed by atoms with Crippen molar-refractivity contribution in [2.45, 2.75) is 25.8 Å². The Morgan fingerprint density at radius 2 is 2.05 bits per heavy atom. The van der Waals surface area contributed by atoms with Crippen LogP contribution in [0.5, 0.6) is 0 Å². The van der Waals surface area contributed by atoms with Crippen LogP contribution in [0.4, 0.5) is 9.18 Å². The number of amides is 2. The third kappa shape index (κ3) is 4.95. The highest BCUT2D eigenvalue weighted by Gasteiger charge is 2.23. The molecule has 0 saturated heterocycles. The number of halogens is 1. The third-order valence-corrected chi connectivity index (χ3v) is 2.60. The number of aliphatic carboxylic acids is 1. The molecule has 0 spiro atoms. The van der Waals surface area contributed by atoms with Crippen molar-refractivity contribution in [1.82, 2.24) is 10.6 Å². The van der Waals surface area contributed by atoms with Gasteiger partial charge in [0.15, 0.2) is 0 Å². The first-order valence-corrected chi connectivity index (χ1v) is 5.85. The number of carboxylic acid groups (broad SMARTS) is 1. The van der Waals surface area contributed by atoms with E-state index in [1.165, 1.54) is 12.1 Å². The smallest absolute Gasteiger partial charge is 0.315 e. The van der Waals surface area contributed by atoms with Crippen molar-refractivity contribution in [2.75, 3.05) is 6.54 Å². The average Bonchev–Trinajstić information content (AvgIpc) is 2.27. The Bertz CT molecular complexity index is 475. The van der Waals surface area contributed by atoms with Crippen LogP contribution in [0.1, 0.15) is 25.8 Å². The van der Waals surface area contributed by atoms with Gasteiger partial charge in [-0.15, -0.1) is 0 Å². The summed E-state index contributed by atoms with van der Waals surface area (Å²) in [4.78, 5) is 21.9. The Morgan fingerprint density at radius 1 is 1.37 bits per heavy atom. The molecular weight excluding hydrogens is 251 g/mol. The van der Waals surface area contributed by atoms with Gasteiger partial charge in [0.1, 0.15) is 5.82 Å². The number of urea groups is 1. The van der Waals surface area contributed by atoms with E-state index in [0.29, 0.717) is 5.56 Å². The van der Waals surface area contributed by atoms with Gasteiger partial charge in [-0.2, -0.15) is 0 Å². The van der Waals surface area contributed by atoms with Crippen LogP contribution in [0.2, 0.25) is 0 Å². The summed E-state index contributed by atoms with van der Waals surface area (Å²) in [6, 6.07) is 5.46. The molecule has 1 aromatic rings. The van der Waals surface area contributed by atoms with E-state index in [9.17, 15) is 14.0 Å². The summed E-state index contributed by atoms with van der Waals surface area (Å²) in [5, 5.41) is 13.5. The van der Waals surface area contributed by atoms with E-state index in [-0.39, 0.29) is 18.8 Å². The van der Waals surface area contributed by atoms with E-state index in [1.54, 1.807) is 26.0 Å². The lowest BCUT2D eigenvalue weighted by Crippen LogP contribution is -2.46. The Balaban J connectivity index is 2.59. The quantitative estimate of drug-likeness (QED) is 0.762. The monoisotopic (exact) mass is 268 g/mol. The summed E-state index contributed by atoms with van der Waals surface area (Å²) in [6.07, 6.45) is -0.145. The summed E-state index contributed by atoms with van der Waals surface area (Å²) >= 11 is 0. The second kappa shape index (κ2) is 6.17. The van der Waals surface area contributed by atoms with Crippen LogP contribution in [-0.4, -0.2) is 23.7 Å². The summed E-state index contributed by atoms with van der Waals surface area (Å²) < 4.78 is 13.1. The van der Waals surface area contributed by atoms with Gasteiger partial charge in [0.25, 0.3) is 0 Å². The number of hydrogen-bond acceptors (Lipinski definition) is 2. The van der Waals surface area contributed by atoms with Gasteiger partial charge in [-0.1, -0.05) is 12.1 Å². The summed E-state index contributed by atoms with van der Waals surface area (Å²) in [5.41, 5.74) is -0.129. The first-order valence-electron chi connectivity index (χ1n) is 5.85. The number of hydrogen-bond donors (Lipinski definition) is 3. The largest absolute Gasteiger partial charge is 0.481 e. The number of carbonyl (C=O) groups excluding carboxylic acids is 1. The predicted octanol–water partition coefficient (Wildman–Crippen LogP) is 1.83. The van der Waals surface area contributed by atoms with Gasteiger partial charge in [0.05, 0.1) is 12.0 Å². The number of nitrogens with one attached hydrogen (secondary N) is 2. The highest BCUT2D eigenvalue weighted by Crippen LogP contribution is 2.20. The van der Waals surface area contributed by atoms with Crippen molar-refractivity contribution >= 4 is 12.0 Å². The molecule has 19 heavy (non-hydrogen) atoms. The molecule has 3 N–H and O–H groups in total. The highest BCUT2D eigenvalue weighted by atomic mass is 19.1. The van der Waals surface area contributed by atoms with E-state index >= 15 is 0 Å². The minimum absolute atomic E-state index is 0.0421. The Morgan fingerprint density at radius 3 is 2.63 bits per heavy atom. The van der Waals surface area contributed by atoms with Gasteiger partial charge in [-0.25, -0.2) is 9.18 Å². The Kier molecular flexibility index (Phi) is 4.86. The van der Waals surface area contributed by atoms with Crippen molar-refractivity contribution in [3.63, 3.8) is 0 Å². The van der Waals surface area contributed by atoms with Gasteiger partial charge in [-0.05, 0) is 31.5 Å². The molecule has 0 radical (unpaired) electrons. The Labute approximate surface area is 110 Å². The average molecular weight is 268 g/mol. The summed E-state index contributed by atoms with van der Waals surface area (Å²) in [6.45, 7) is 3.51.